The molecule has 0 spiro atoms. The van der Waals surface area contributed by atoms with Crippen LogP contribution in [0, 0.1) is 5.92 Å². The quantitative estimate of drug-likeness (QED) is 0.410. The third kappa shape index (κ3) is 5.46. The number of carbonyl (C=O) groups excluding carboxylic acids is 1. The van der Waals surface area contributed by atoms with E-state index in [-0.39, 0.29) is 53.1 Å². The van der Waals surface area contributed by atoms with E-state index in [2.05, 4.69) is 22.4 Å². The molecule has 3 aliphatic rings. The predicted octanol–water partition coefficient (Wildman–Crippen LogP) is 4.98. The first-order valence-corrected chi connectivity index (χ1v) is 16.1. The number of nitrogens with zero attached hydrogens (tertiary/aromatic N) is 4. The van der Waals surface area contributed by atoms with Crippen molar-refractivity contribution in [2.24, 2.45) is 13.0 Å². The molecule has 1 saturated carbocycles. The molecule has 1 atom stereocenters. The number of aromatic nitrogens is 3. The molecule has 42 heavy (non-hydrogen) atoms. The zero-order chi connectivity index (χ0) is 29.9. The first-order chi connectivity index (χ1) is 19.8. The van der Waals surface area contributed by atoms with E-state index >= 15 is 0 Å². The molecule has 0 bridgehead atoms. The van der Waals surface area contributed by atoms with Gasteiger partial charge in [0.1, 0.15) is 22.0 Å². The topological polar surface area (TPSA) is 97.2 Å². The van der Waals surface area contributed by atoms with Crippen LogP contribution in [0.2, 0.25) is 0 Å². The Morgan fingerprint density at radius 3 is 2.50 bits per heavy atom. The highest BCUT2D eigenvalue weighted by molar-refractivity contribution is 7.91. The number of sulfone groups is 1. The molecule has 224 valence electrons. The lowest BCUT2D eigenvalue weighted by Gasteiger charge is -2.39. The summed E-state index contributed by atoms with van der Waals surface area (Å²) in [6.07, 6.45) is 0.939. The summed E-state index contributed by atoms with van der Waals surface area (Å²) in [4.78, 5) is 15.1. The SMILES string of the molecule is Cn1cnnc1[C@@H](c1cccc(N2Cc3c(cc(CNC4(C)CCC4)cc3C(F)(F)F)C2=O)c1)C1CCS(=O)(=O)CC1. The van der Waals surface area contributed by atoms with Crippen LogP contribution >= 0.6 is 0 Å². The van der Waals surface area contributed by atoms with Crippen LogP contribution in [0.4, 0.5) is 18.9 Å². The molecule has 8 nitrogen and oxygen atoms in total. The number of amides is 1. The minimum atomic E-state index is -4.60. The van der Waals surface area contributed by atoms with Gasteiger partial charge in [-0.1, -0.05) is 12.1 Å². The summed E-state index contributed by atoms with van der Waals surface area (Å²) in [6, 6.07) is 9.98. The largest absolute Gasteiger partial charge is 0.416 e. The van der Waals surface area contributed by atoms with Gasteiger partial charge in [0.05, 0.1) is 23.6 Å². The number of hydrogen-bond acceptors (Lipinski definition) is 6. The number of halogens is 3. The molecule has 1 aromatic heterocycles. The molecule has 1 amide bonds. The van der Waals surface area contributed by atoms with E-state index < -0.39 is 27.5 Å². The highest BCUT2D eigenvalue weighted by Gasteiger charge is 2.41. The molecule has 3 heterocycles. The lowest BCUT2D eigenvalue weighted by molar-refractivity contribution is -0.138. The first-order valence-electron chi connectivity index (χ1n) is 14.3. The van der Waals surface area contributed by atoms with E-state index in [1.54, 1.807) is 29.1 Å². The lowest BCUT2D eigenvalue weighted by Crippen LogP contribution is -2.47. The summed E-state index contributed by atoms with van der Waals surface area (Å²) >= 11 is 0. The predicted molar refractivity (Wildman–Crippen MR) is 152 cm³/mol. The molecule has 1 N–H and O–H groups in total. The summed E-state index contributed by atoms with van der Waals surface area (Å²) in [5, 5.41) is 11.7. The highest BCUT2D eigenvalue weighted by Crippen LogP contribution is 2.42. The van der Waals surface area contributed by atoms with Crippen LogP contribution < -0.4 is 10.2 Å². The molecule has 1 saturated heterocycles. The molecule has 3 aromatic rings. The summed E-state index contributed by atoms with van der Waals surface area (Å²) in [5.41, 5.74) is 0.934. The molecule has 6 rings (SSSR count). The van der Waals surface area contributed by atoms with Crippen molar-refractivity contribution in [2.45, 2.75) is 69.8 Å². The first kappa shape index (κ1) is 28.9. The molecular weight excluding hydrogens is 567 g/mol. The van der Waals surface area contributed by atoms with E-state index in [1.165, 1.54) is 11.0 Å². The van der Waals surface area contributed by atoms with Crippen LogP contribution in [0.3, 0.4) is 0 Å². The average Bonchev–Trinajstić information content (AvgIpc) is 3.49. The van der Waals surface area contributed by atoms with Crippen LogP contribution in [-0.2, 0) is 36.2 Å². The molecule has 12 heteroatoms. The fourth-order valence-corrected chi connectivity index (χ4v) is 8.09. The Labute approximate surface area is 243 Å². The molecular formula is C30H34F3N5O3S. The number of nitrogens with one attached hydrogen (secondary N) is 1. The van der Waals surface area contributed by atoms with E-state index in [1.807, 2.05) is 19.2 Å². The van der Waals surface area contributed by atoms with Gasteiger partial charge in [-0.2, -0.15) is 13.2 Å². The van der Waals surface area contributed by atoms with Gasteiger partial charge in [0, 0.05) is 36.3 Å². The Hall–Kier alpha value is -3.25. The van der Waals surface area contributed by atoms with E-state index in [4.69, 9.17) is 0 Å². The molecule has 0 unspecified atom stereocenters. The third-order valence-corrected chi connectivity index (χ3v) is 10.9. The van der Waals surface area contributed by atoms with Gasteiger partial charge in [0.2, 0.25) is 0 Å². The maximum absolute atomic E-state index is 14.2. The number of fused-ring (bicyclic) bond motifs is 1. The standard InChI is InChI=1S/C30H34F3N5O3S/c1-29(9-4-10-29)34-16-19-13-23-24(25(14-19)30(31,32)33)17-38(28(23)39)22-6-3-5-21(15-22)26(27-36-35-18-37(27)2)20-7-11-42(40,41)12-8-20/h3,5-6,13-15,18,20,26,34H,4,7-12,16-17H2,1-2H3/t26-/m1/s1. The second-order valence-corrected chi connectivity index (χ2v) is 14.5. The Morgan fingerprint density at radius 2 is 1.88 bits per heavy atom. The highest BCUT2D eigenvalue weighted by atomic mass is 32.2. The molecule has 2 fully saturated rings. The van der Waals surface area contributed by atoms with Gasteiger partial charge in [0.15, 0.2) is 0 Å². The molecule has 2 aliphatic heterocycles. The molecule has 1 aliphatic carbocycles. The van der Waals surface area contributed by atoms with Crippen molar-refractivity contribution in [1.82, 2.24) is 20.1 Å². The monoisotopic (exact) mass is 601 g/mol. The summed E-state index contributed by atoms with van der Waals surface area (Å²) in [6.45, 7) is 2.13. The number of hydrogen-bond donors (Lipinski definition) is 1. The van der Waals surface area contributed by atoms with Crippen molar-refractivity contribution in [2.75, 3.05) is 16.4 Å². The number of rotatable bonds is 7. The Balaban J connectivity index is 1.33. The fraction of sp³-hybridized carbons (Fsp3) is 0.500. The number of aryl methyl sites for hydroxylation is 1. The maximum atomic E-state index is 14.2. The molecule has 0 radical (unpaired) electrons. The van der Waals surface area contributed by atoms with Crippen molar-refractivity contribution in [3.05, 3.63) is 76.4 Å². The van der Waals surface area contributed by atoms with E-state index in [9.17, 15) is 26.4 Å². The van der Waals surface area contributed by atoms with Crippen LogP contribution in [0.1, 0.15) is 83.4 Å². The summed E-state index contributed by atoms with van der Waals surface area (Å²) < 4.78 is 68.8. The zero-order valence-corrected chi connectivity index (χ0v) is 24.4. The Kier molecular flexibility index (Phi) is 7.20. The van der Waals surface area contributed by atoms with Gasteiger partial charge in [-0.05, 0) is 85.9 Å². The average molecular weight is 602 g/mol. The van der Waals surface area contributed by atoms with Crippen LogP contribution in [0.5, 0.6) is 0 Å². The lowest BCUT2D eigenvalue weighted by atomic mass is 9.78. The van der Waals surface area contributed by atoms with Gasteiger partial charge >= 0.3 is 6.18 Å². The van der Waals surface area contributed by atoms with Crippen molar-refractivity contribution in [3.63, 3.8) is 0 Å². The van der Waals surface area contributed by atoms with E-state index in [0.717, 1.165) is 24.8 Å². The smallest absolute Gasteiger partial charge is 0.320 e. The van der Waals surface area contributed by atoms with Crippen molar-refractivity contribution in [1.29, 1.82) is 0 Å². The van der Waals surface area contributed by atoms with Crippen LogP contribution in [0.15, 0.2) is 42.7 Å². The van der Waals surface area contributed by atoms with Crippen molar-refractivity contribution < 1.29 is 26.4 Å². The third-order valence-electron chi connectivity index (χ3n) is 9.22. The van der Waals surface area contributed by atoms with Gasteiger partial charge in [-0.25, -0.2) is 8.42 Å². The zero-order valence-electron chi connectivity index (χ0n) is 23.6. The normalized spacial score (nSPS) is 20.8. The Bertz CT molecular complexity index is 1620. The van der Waals surface area contributed by atoms with Gasteiger partial charge in [0.25, 0.3) is 5.91 Å². The fourth-order valence-electron chi connectivity index (χ4n) is 6.56. The molecule has 2 aromatic carbocycles. The van der Waals surface area contributed by atoms with Crippen LogP contribution in [0.25, 0.3) is 0 Å². The minimum absolute atomic E-state index is 0.0150. The number of anilines is 1. The number of alkyl halides is 3. The van der Waals surface area contributed by atoms with Gasteiger partial charge < -0.3 is 14.8 Å². The summed E-state index contributed by atoms with van der Waals surface area (Å²) in [7, 11) is -1.27. The second-order valence-electron chi connectivity index (χ2n) is 12.2. The minimum Gasteiger partial charge on any atom is -0.320 e. The van der Waals surface area contributed by atoms with Gasteiger partial charge in [-0.15, -0.1) is 10.2 Å². The number of carbonyl (C=O) groups is 1. The number of benzene rings is 2. The second kappa shape index (κ2) is 10.5. The Morgan fingerprint density at radius 1 is 1.14 bits per heavy atom. The van der Waals surface area contributed by atoms with E-state index in [0.29, 0.717) is 29.9 Å². The summed E-state index contributed by atoms with van der Waals surface area (Å²) in [5.74, 6) is 0.0593. The van der Waals surface area contributed by atoms with Crippen LogP contribution in [-0.4, -0.2) is 46.1 Å². The maximum Gasteiger partial charge on any atom is 0.416 e. The van der Waals surface area contributed by atoms with Crippen molar-refractivity contribution in [3.8, 4) is 0 Å². The van der Waals surface area contributed by atoms with Gasteiger partial charge in [-0.3, -0.25) is 4.79 Å². The van der Waals surface area contributed by atoms with Crippen molar-refractivity contribution >= 4 is 21.4 Å².